The zero-order valence-corrected chi connectivity index (χ0v) is 19.7. The molecule has 0 amide bonds. The fraction of sp³-hybridized carbons (Fsp3) is 0.591. The first-order valence-electron chi connectivity index (χ1n) is 10.5. The number of aromatic nitrogens is 6. The van der Waals surface area contributed by atoms with Gasteiger partial charge >= 0.3 is 6.55 Å². The highest BCUT2D eigenvalue weighted by Crippen LogP contribution is 2.26. The maximum atomic E-state index is 4.97. The monoisotopic (exact) mass is 395 g/mol. The molecule has 3 aromatic heterocycles. The minimum atomic E-state index is -1.59. The number of nitrogens with zero attached hydrogens (tertiary/aromatic N) is 6. The van der Waals surface area contributed by atoms with Gasteiger partial charge in [0.25, 0.3) is 0 Å². The minimum absolute atomic E-state index is 0.0242. The average molecular weight is 395 g/mol. The summed E-state index contributed by atoms with van der Waals surface area (Å²) in [6.45, 7) is 20.2. The fourth-order valence-corrected chi connectivity index (χ4v) is 3.40. The van der Waals surface area contributed by atoms with Crippen molar-refractivity contribution in [1.82, 2.24) is 29.1 Å². The molecule has 0 saturated heterocycles. The second kappa shape index (κ2) is 6.61. The molecule has 29 heavy (non-hydrogen) atoms. The maximum absolute atomic E-state index is 4.97. The summed E-state index contributed by atoms with van der Waals surface area (Å²) < 4.78 is 6.08. The van der Waals surface area contributed by atoms with Crippen LogP contribution in [0.3, 0.4) is 0 Å². The summed E-state index contributed by atoms with van der Waals surface area (Å²) in [5.74, 6) is 0. The lowest BCUT2D eigenvalue weighted by atomic mass is 9.63. The molecule has 0 atom stereocenters. The highest BCUT2D eigenvalue weighted by atomic mass is 15.5. The van der Waals surface area contributed by atoms with Crippen LogP contribution >= 0.6 is 0 Å². The van der Waals surface area contributed by atoms with Crippen molar-refractivity contribution in [3.8, 4) is 0 Å². The van der Waals surface area contributed by atoms with Crippen LogP contribution < -0.4 is 0 Å². The van der Waals surface area contributed by atoms with Crippen molar-refractivity contribution >= 4 is 6.55 Å². The van der Waals surface area contributed by atoms with Crippen LogP contribution in [-0.4, -0.2) is 35.6 Å². The van der Waals surface area contributed by atoms with E-state index in [1.807, 2.05) is 13.8 Å². The fourth-order valence-electron chi connectivity index (χ4n) is 3.40. The zero-order chi connectivity index (χ0) is 21.8. The average Bonchev–Trinajstić information content (AvgIpc) is 3.30. The molecular formula is C22H36BN6-. The normalized spacial score (nSPS) is 13.9. The second-order valence-corrected chi connectivity index (χ2v) is 11.4. The Bertz CT molecular complexity index is 861. The van der Waals surface area contributed by atoms with Gasteiger partial charge in [-0.05, 0) is 36.8 Å². The van der Waals surface area contributed by atoms with Crippen molar-refractivity contribution in [2.45, 2.75) is 85.4 Å². The van der Waals surface area contributed by atoms with Crippen LogP contribution in [0.2, 0.25) is 6.82 Å². The summed E-state index contributed by atoms with van der Waals surface area (Å²) in [5, 5.41) is 14.9. The number of hydrogen-bond donors (Lipinski definition) is 0. The zero-order valence-electron chi connectivity index (χ0n) is 19.7. The third-order valence-electron chi connectivity index (χ3n) is 5.63. The molecule has 0 aliphatic carbocycles. The predicted octanol–water partition coefficient (Wildman–Crippen LogP) is 4.68. The molecule has 0 unspecified atom stereocenters. The lowest BCUT2D eigenvalue weighted by Gasteiger charge is -2.38. The van der Waals surface area contributed by atoms with E-state index in [9.17, 15) is 0 Å². The van der Waals surface area contributed by atoms with Gasteiger partial charge in [0.2, 0.25) is 0 Å². The third kappa shape index (κ3) is 3.92. The predicted molar refractivity (Wildman–Crippen MR) is 121 cm³/mol. The molecule has 0 radical (unpaired) electrons. The van der Waals surface area contributed by atoms with Gasteiger partial charge in [0.15, 0.2) is 0 Å². The van der Waals surface area contributed by atoms with Crippen molar-refractivity contribution < 1.29 is 0 Å². The molecule has 3 aromatic rings. The van der Waals surface area contributed by atoms with Crippen LogP contribution in [0.5, 0.6) is 0 Å². The Labute approximate surface area is 175 Å². The van der Waals surface area contributed by atoms with Gasteiger partial charge in [0.05, 0.1) is 17.1 Å². The molecule has 7 heteroatoms. The highest BCUT2D eigenvalue weighted by Gasteiger charge is 2.33. The van der Waals surface area contributed by atoms with Gasteiger partial charge in [-0.25, -0.2) is 15.3 Å². The van der Waals surface area contributed by atoms with Gasteiger partial charge in [-0.1, -0.05) is 62.3 Å². The summed E-state index contributed by atoms with van der Waals surface area (Å²) in [6.07, 6.45) is 6.16. The van der Waals surface area contributed by atoms with E-state index in [-0.39, 0.29) is 16.2 Å². The molecule has 3 rings (SSSR count). The van der Waals surface area contributed by atoms with Crippen molar-refractivity contribution in [2.24, 2.45) is 0 Å². The molecule has 0 aliphatic rings. The summed E-state index contributed by atoms with van der Waals surface area (Å²) in [6, 6.07) is 6.30. The maximum Gasteiger partial charge on any atom is 0.337 e. The van der Waals surface area contributed by atoms with Crippen LogP contribution in [0.15, 0.2) is 36.8 Å². The Kier molecular flexibility index (Phi) is 4.88. The van der Waals surface area contributed by atoms with Gasteiger partial charge in [0.1, 0.15) is 0 Å². The molecule has 0 bridgehead atoms. The number of hydrogen-bond acceptors (Lipinski definition) is 3. The number of rotatable bonds is 3. The Balaban J connectivity index is 2.20. The van der Waals surface area contributed by atoms with Crippen LogP contribution in [0.1, 0.15) is 79.4 Å². The Morgan fingerprint density at radius 1 is 0.552 bits per heavy atom. The summed E-state index contributed by atoms with van der Waals surface area (Å²) in [7, 11) is 0. The van der Waals surface area contributed by atoms with E-state index in [4.69, 9.17) is 15.3 Å². The summed E-state index contributed by atoms with van der Waals surface area (Å²) >= 11 is 0. The second-order valence-electron chi connectivity index (χ2n) is 11.4. The highest BCUT2D eigenvalue weighted by molar-refractivity contribution is 6.73. The van der Waals surface area contributed by atoms with Crippen LogP contribution in [0, 0.1) is 0 Å². The Morgan fingerprint density at radius 2 is 0.793 bits per heavy atom. The molecular weight excluding hydrogens is 359 g/mol. The first-order chi connectivity index (χ1) is 13.1. The van der Waals surface area contributed by atoms with E-state index in [1.165, 1.54) is 0 Å². The molecule has 0 aliphatic heterocycles. The molecule has 0 N–H and O–H groups in total. The largest absolute Gasteiger partial charge is 0.400 e. The molecule has 0 aromatic carbocycles. The van der Waals surface area contributed by atoms with E-state index in [1.54, 1.807) is 0 Å². The van der Waals surface area contributed by atoms with E-state index >= 15 is 0 Å². The molecule has 158 valence electrons. The van der Waals surface area contributed by atoms with Gasteiger partial charge in [-0.3, -0.25) is 0 Å². The first kappa shape index (κ1) is 21.4. The minimum Gasteiger partial charge on any atom is -0.400 e. The van der Waals surface area contributed by atoms with Gasteiger partial charge in [-0.2, -0.15) is 0 Å². The first-order valence-corrected chi connectivity index (χ1v) is 10.5. The molecule has 0 saturated carbocycles. The van der Waals surface area contributed by atoms with E-state index in [2.05, 4.69) is 106 Å². The van der Waals surface area contributed by atoms with Crippen molar-refractivity contribution in [3.05, 3.63) is 53.9 Å². The van der Waals surface area contributed by atoms with E-state index < -0.39 is 6.55 Å². The molecule has 0 fully saturated rings. The summed E-state index contributed by atoms with van der Waals surface area (Å²) in [4.78, 5) is 0. The van der Waals surface area contributed by atoms with Gasteiger partial charge in [-0.15, -0.1) is 6.82 Å². The van der Waals surface area contributed by atoms with Crippen molar-refractivity contribution in [3.63, 3.8) is 0 Å². The molecule has 0 spiro atoms. The molecule has 6 nitrogen and oxygen atoms in total. The van der Waals surface area contributed by atoms with Crippen molar-refractivity contribution in [2.75, 3.05) is 0 Å². The van der Waals surface area contributed by atoms with Crippen LogP contribution in [-0.2, 0) is 16.2 Å². The van der Waals surface area contributed by atoms with Gasteiger partial charge < -0.3 is 13.8 Å². The van der Waals surface area contributed by atoms with Crippen LogP contribution in [0.4, 0.5) is 0 Å². The topological polar surface area (TPSA) is 53.5 Å². The van der Waals surface area contributed by atoms with Gasteiger partial charge in [0, 0.05) is 16.2 Å². The standard InChI is InChI=1S/C22H36BN6/c1-20(2,3)17-11-14-27(24-17)23(10,28-15-12-18(25-28)21(4,5)6)29-16-13-19(26-29)22(7,8)9/h11-16H,1-10H3/q-1. The quantitative estimate of drug-likeness (QED) is 0.605. The van der Waals surface area contributed by atoms with E-state index in [0.717, 1.165) is 17.1 Å². The lowest BCUT2D eigenvalue weighted by Crippen LogP contribution is -2.56. The lowest BCUT2D eigenvalue weighted by molar-refractivity contribution is 0.547. The summed E-state index contributed by atoms with van der Waals surface area (Å²) in [5.41, 5.74) is 3.09. The Morgan fingerprint density at radius 3 is 0.966 bits per heavy atom. The third-order valence-corrected chi connectivity index (χ3v) is 5.63. The smallest absolute Gasteiger partial charge is 0.337 e. The molecule has 3 heterocycles. The Hall–Kier alpha value is -2.31. The van der Waals surface area contributed by atoms with Crippen molar-refractivity contribution in [1.29, 1.82) is 0 Å². The SMILES string of the molecule is C[B-](n1ccc(C(C)(C)C)n1)(n1ccc(C(C)(C)C)n1)n1ccc(C(C)(C)C)n1. The van der Waals surface area contributed by atoms with E-state index in [0.29, 0.717) is 0 Å². The van der Waals surface area contributed by atoms with Crippen LogP contribution in [0.25, 0.3) is 0 Å².